The van der Waals surface area contributed by atoms with Crippen molar-refractivity contribution in [3.63, 3.8) is 0 Å². The maximum atomic E-state index is 11.5. The highest BCUT2D eigenvalue weighted by Crippen LogP contribution is 2.35. The van der Waals surface area contributed by atoms with Crippen molar-refractivity contribution in [1.82, 2.24) is 4.90 Å². The van der Waals surface area contributed by atoms with Crippen molar-refractivity contribution in [3.8, 4) is 0 Å². The number of carbonyl (C=O) groups is 1. The molecule has 2 unspecified atom stereocenters. The first-order chi connectivity index (χ1) is 9.72. The van der Waals surface area contributed by atoms with Gasteiger partial charge in [-0.2, -0.15) is 0 Å². The Labute approximate surface area is 118 Å². The Hall–Kier alpha value is -1.59. The van der Waals surface area contributed by atoms with Crippen LogP contribution in [0.15, 0.2) is 18.2 Å². The van der Waals surface area contributed by atoms with Crippen LogP contribution >= 0.6 is 0 Å². The lowest BCUT2D eigenvalue weighted by Crippen LogP contribution is -2.50. The summed E-state index contributed by atoms with van der Waals surface area (Å²) in [7, 11) is 0. The normalized spacial score (nSPS) is 29.2. The van der Waals surface area contributed by atoms with E-state index in [0.29, 0.717) is 11.6 Å². The molecule has 2 atom stereocenters. The van der Waals surface area contributed by atoms with Gasteiger partial charge in [0.1, 0.15) is 0 Å². The minimum atomic E-state index is -1.01. The van der Waals surface area contributed by atoms with E-state index < -0.39 is 6.10 Å². The quantitative estimate of drug-likeness (QED) is 0.800. The third-order valence-electron chi connectivity index (χ3n) is 4.79. The molecule has 4 rings (SSSR count). The van der Waals surface area contributed by atoms with E-state index in [2.05, 4.69) is 15.1 Å². The van der Waals surface area contributed by atoms with E-state index in [0.717, 1.165) is 31.0 Å². The Balaban J connectivity index is 1.58. The van der Waals surface area contributed by atoms with Gasteiger partial charge in [-0.05, 0) is 31.5 Å². The number of aliphatic hydroxyl groups excluding tert-OH is 1. The van der Waals surface area contributed by atoms with E-state index in [1.54, 1.807) is 0 Å². The molecule has 0 aliphatic carbocycles. The fourth-order valence-electron chi connectivity index (χ4n) is 3.66. The number of benzene rings is 1. The number of rotatable bonds is 1. The number of amides is 1. The van der Waals surface area contributed by atoms with Gasteiger partial charge in [-0.3, -0.25) is 9.69 Å². The first-order valence-electron chi connectivity index (χ1n) is 7.34. The van der Waals surface area contributed by atoms with Gasteiger partial charge < -0.3 is 15.3 Å². The van der Waals surface area contributed by atoms with Crippen molar-refractivity contribution < 1.29 is 9.90 Å². The van der Waals surface area contributed by atoms with E-state index in [9.17, 15) is 9.90 Å². The maximum absolute atomic E-state index is 11.5. The standard InChI is InChI=1S/C15H19N3O2/c19-14-12-4-3-10(8-13(12)16-15(14)20)18-7-6-17-5-1-2-11(17)9-18/h3-4,8,11,14,19H,1-2,5-7,9H2,(H,16,20). The number of piperazine rings is 1. The van der Waals surface area contributed by atoms with Crippen molar-refractivity contribution in [2.45, 2.75) is 25.0 Å². The zero-order chi connectivity index (χ0) is 13.7. The van der Waals surface area contributed by atoms with Gasteiger partial charge in [0.15, 0.2) is 6.10 Å². The zero-order valence-corrected chi connectivity index (χ0v) is 11.4. The zero-order valence-electron chi connectivity index (χ0n) is 11.4. The Morgan fingerprint density at radius 3 is 3.05 bits per heavy atom. The van der Waals surface area contributed by atoms with Crippen LogP contribution in [0, 0.1) is 0 Å². The highest BCUT2D eigenvalue weighted by molar-refractivity contribution is 6.02. The van der Waals surface area contributed by atoms with Gasteiger partial charge in [-0.15, -0.1) is 0 Å². The van der Waals surface area contributed by atoms with Gasteiger partial charge in [0, 0.05) is 42.6 Å². The van der Waals surface area contributed by atoms with Crippen LogP contribution in [0.4, 0.5) is 11.4 Å². The van der Waals surface area contributed by atoms with Gasteiger partial charge in [-0.25, -0.2) is 0 Å². The van der Waals surface area contributed by atoms with Gasteiger partial charge in [0.05, 0.1) is 0 Å². The van der Waals surface area contributed by atoms with Crippen molar-refractivity contribution in [2.24, 2.45) is 0 Å². The molecular weight excluding hydrogens is 254 g/mol. The molecule has 1 amide bonds. The average molecular weight is 273 g/mol. The lowest BCUT2D eigenvalue weighted by Gasteiger charge is -2.39. The lowest BCUT2D eigenvalue weighted by molar-refractivity contribution is -0.123. The number of aliphatic hydroxyl groups is 1. The van der Waals surface area contributed by atoms with Crippen molar-refractivity contribution in [1.29, 1.82) is 0 Å². The van der Waals surface area contributed by atoms with Crippen LogP contribution in [-0.2, 0) is 4.79 Å². The van der Waals surface area contributed by atoms with Gasteiger partial charge in [0.2, 0.25) is 0 Å². The number of anilines is 2. The number of hydrogen-bond donors (Lipinski definition) is 2. The molecule has 1 aromatic carbocycles. The molecule has 0 saturated carbocycles. The number of hydrogen-bond acceptors (Lipinski definition) is 4. The molecule has 1 aromatic rings. The second-order valence-corrected chi connectivity index (χ2v) is 5.94. The lowest BCUT2D eigenvalue weighted by atomic mass is 10.1. The second kappa shape index (κ2) is 4.46. The number of fused-ring (bicyclic) bond motifs is 2. The molecule has 3 heterocycles. The maximum Gasteiger partial charge on any atom is 0.257 e. The molecule has 0 radical (unpaired) electrons. The van der Waals surface area contributed by atoms with Gasteiger partial charge in [-0.1, -0.05) is 6.07 Å². The molecule has 2 fully saturated rings. The Morgan fingerprint density at radius 1 is 1.25 bits per heavy atom. The number of nitrogens with one attached hydrogen (secondary N) is 1. The topological polar surface area (TPSA) is 55.8 Å². The summed E-state index contributed by atoms with van der Waals surface area (Å²) < 4.78 is 0. The van der Waals surface area contributed by atoms with E-state index in [4.69, 9.17) is 0 Å². The summed E-state index contributed by atoms with van der Waals surface area (Å²) in [6.07, 6.45) is 1.59. The molecule has 2 N–H and O–H groups in total. The van der Waals surface area contributed by atoms with Crippen molar-refractivity contribution in [2.75, 3.05) is 36.4 Å². The third-order valence-corrected chi connectivity index (χ3v) is 4.79. The molecule has 20 heavy (non-hydrogen) atoms. The van der Waals surface area contributed by atoms with Gasteiger partial charge >= 0.3 is 0 Å². The molecule has 0 spiro atoms. The molecule has 5 heteroatoms. The van der Waals surface area contributed by atoms with Crippen LogP contribution < -0.4 is 10.2 Å². The predicted octanol–water partition coefficient (Wildman–Crippen LogP) is 0.956. The Kier molecular flexibility index (Phi) is 2.72. The smallest absolute Gasteiger partial charge is 0.257 e. The monoisotopic (exact) mass is 273 g/mol. The van der Waals surface area contributed by atoms with Gasteiger partial charge in [0.25, 0.3) is 5.91 Å². The molecule has 3 aliphatic heterocycles. The summed E-state index contributed by atoms with van der Waals surface area (Å²) in [4.78, 5) is 16.5. The summed E-state index contributed by atoms with van der Waals surface area (Å²) in [5.74, 6) is -0.322. The molecular formula is C15H19N3O2. The van der Waals surface area contributed by atoms with Crippen LogP contribution in [0.25, 0.3) is 0 Å². The highest BCUT2D eigenvalue weighted by Gasteiger charge is 2.32. The minimum Gasteiger partial charge on any atom is -0.378 e. The summed E-state index contributed by atoms with van der Waals surface area (Å²) >= 11 is 0. The Bertz CT molecular complexity index is 560. The molecule has 0 aromatic heterocycles. The highest BCUT2D eigenvalue weighted by atomic mass is 16.3. The summed E-state index contributed by atoms with van der Waals surface area (Å²) in [6, 6.07) is 6.56. The van der Waals surface area contributed by atoms with Crippen molar-refractivity contribution in [3.05, 3.63) is 23.8 Å². The minimum absolute atomic E-state index is 0.322. The molecule has 2 saturated heterocycles. The summed E-state index contributed by atoms with van der Waals surface area (Å²) in [5, 5.41) is 12.5. The average Bonchev–Trinajstić information content (AvgIpc) is 3.03. The fourth-order valence-corrected chi connectivity index (χ4v) is 3.66. The van der Waals surface area contributed by atoms with E-state index >= 15 is 0 Å². The first kappa shape index (κ1) is 12.2. The van der Waals surface area contributed by atoms with Crippen LogP contribution in [0.1, 0.15) is 24.5 Å². The summed E-state index contributed by atoms with van der Waals surface area (Å²) in [5.41, 5.74) is 2.59. The van der Waals surface area contributed by atoms with Crippen molar-refractivity contribution >= 4 is 17.3 Å². The molecule has 3 aliphatic rings. The van der Waals surface area contributed by atoms with E-state index in [1.807, 2.05) is 18.2 Å². The van der Waals surface area contributed by atoms with E-state index in [-0.39, 0.29) is 5.91 Å². The van der Waals surface area contributed by atoms with Crippen LogP contribution in [0.3, 0.4) is 0 Å². The number of carbonyl (C=O) groups excluding carboxylic acids is 1. The summed E-state index contributed by atoms with van der Waals surface area (Å²) in [6.45, 7) is 4.46. The third kappa shape index (κ3) is 1.81. The van der Waals surface area contributed by atoms with Crippen LogP contribution in [-0.4, -0.2) is 48.1 Å². The number of nitrogens with zero attached hydrogens (tertiary/aromatic N) is 2. The molecule has 0 bridgehead atoms. The molecule has 106 valence electrons. The van der Waals surface area contributed by atoms with E-state index in [1.165, 1.54) is 19.4 Å². The predicted molar refractivity (Wildman–Crippen MR) is 76.8 cm³/mol. The Morgan fingerprint density at radius 2 is 2.15 bits per heavy atom. The fraction of sp³-hybridized carbons (Fsp3) is 0.533. The van der Waals surface area contributed by atoms with Crippen LogP contribution in [0.2, 0.25) is 0 Å². The largest absolute Gasteiger partial charge is 0.378 e. The SMILES string of the molecule is O=C1Nc2cc(N3CCN4CCCC4C3)ccc2C1O. The first-order valence-corrected chi connectivity index (χ1v) is 7.34. The van der Waals surface area contributed by atoms with Crippen LogP contribution in [0.5, 0.6) is 0 Å². The second-order valence-electron chi connectivity index (χ2n) is 5.94. The molecule has 5 nitrogen and oxygen atoms in total.